The van der Waals surface area contributed by atoms with Crippen molar-refractivity contribution < 1.29 is 13.6 Å². The van der Waals surface area contributed by atoms with Crippen molar-refractivity contribution in [1.29, 1.82) is 0 Å². The Balaban J connectivity index is 2.02. The number of nitrogens with two attached hydrogens (primary N) is 1. The SMILES string of the molecule is Nc1nccnc1C(=O)N[C@H](c1ccncc1)c1cc(F)ccc1F. The van der Waals surface area contributed by atoms with Gasteiger partial charge in [-0.15, -0.1) is 0 Å². The Morgan fingerprint density at radius 2 is 1.76 bits per heavy atom. The molecule has 0 spiro atoms. The summed E-state index contributed by atoms with van der Waals surface area (Å²) in [5.74, 6) is -2.00. The van der Waals surface area contributed by atoms with Gasteiger partial charge >= 0.3 is 0 Å². The number of rotatable bonds is 4. The van der Waals surface area contributed by atoms with Crippen LogP contribution < -0.4 is 11.1 Å². The Labute approximate surface area is 141 Å². The number of nitrogen functional groups attached to an aromatic ring is 1. The molecule has 6 nitrogen and oxygen atoms in total. The maximum absolute atomic E-state index is 14.3. The summed E-state index contributed by atoms with van der Waals surface area (Å²) in [6.45, 7) is 0. The molecule has 0 radical (unpaired) electrons. The molecule has 0 saturated heterocycles. The van der Waals surface area contributed by atoms with Gasteiger partial charge in [0.05, 0.1) is 6.04 Å². The normalized spacial score (nSPS) is 11.8. The molecule has 0 saturated carbocycles. The standard InChI is InChI=1S/C17H13F2N5O/c18-11-1-2-13(19)12(9-11)14(10-3-5-21-6-4-10)24-17(25)15-16(20)23-8-7-22-15/h1-9,14H,(H2,20,23)(H,24,25)/t14-/m1/s1. The Morgan fingerprint density at radius 1 is 1.04 bits per heavy atom. The van der Waals surface area contributed by atoms with Gasteiger partial charge < -0.3 is 11.1 Å². The first kappa shape index (κ1) is 16.4. The van der Waals surface area contributed by atoms with E-state index in [4.69, 9.17) is 5.73 Å². The Hall–Kier alpha value is -3.42. The van der Waals surface area contributed by atoms with Crippen LogP contribution in [-0.4, -0.2) is 20.9 Å². The molecule has 0 bridgehead atoms. The largest absolute Gasteiger partial charge is 0.382 e. The molecule has 1 atom stereocenters. The van der Waals surface area contributed by atoms with E-state index >= 15 is 0 Å². The lowest BCUT2D eigenvalue weighted by Crippen LogP contribution is -2.31. The topological polar surface area (TPSA) is 93.8 Å². The number of amides is 1. The molecule has 0 unspecified atom stereocenters. The molecule has 3 aromatic rings. The number of aromatic nitrogens is 3. The van der Waals surface area contributed by atoms with Crippen molar-refractivity contribution >= 4 is 11.7 Å². The molecule has 0 fully saturated rings. The summed E-state index contributed by atoms with van der Waals surface area (Å²) in [7, 11) is 0. The average Bonchev–Trinajstić information content (AvgIpc) is 2.63. The number of hydrogen-bond donors (Lipinski definition) is 2. The van der Waals surface area contributed by atoms with Crippen molar-refractivity contribution in [2.45, 2.75) is 6.04 Å². The number of anilines is 1. The van der Waals surface area contributed by atoms with Crippen LogP contribution in [0.5, 0.6) is 0 Å². The average molecular weight is 341 g/mol. The predicted octanol–water partition coefficient (Wildman–Crippen LogP) is 2.25. The summed E-state index contributed by atoms with van der Waals surface area (Å²) in [4.78, 5) is 24.1. The van der Waals surface area contributed by atoms with Crippen LogP contribution in [0.4, 0.5) is 14.6 Å². The zero-order chi connectivity index (χ0) is 17.8. The van der Waals surface area contributed by atoms with Crippen molar-refractivity contribution in [3.8, 4) is 0 Å². The molecule has 25 heavy (non-hydrogen) atoms. The van der Waals surface area contributed by atoms with Crippen molar-refractivity contribution in [2.75, 3.05) is 5.73 Å². The summed E-state index contributed by atoms with van der Waals surface area (Å²) in [6.07, 6.45) is 5.64. The second-order valence-corrected chi connectivity index (χ2v) is 5.14. The molecule has 1 aromatic carbocycles. The number of carbonyl (C=O) groups excluding carboxylic acids is 1. The minimum absolute atomic E-state index is 0.0259. The van der Waals surface area contributed by atoms with Gasteiger partial charge in [-0.05, 0) is 35.9 Å². The van der Waals surface area contributed by atoms with Crippen LogP contribution in [0, 0.1) is 11.6 Å². The number of nitrogens with one attached hydrogen (secondary N) is 1. The van der Waals surface area contributed by atoms with Gasteiger partial charge in [0, 0.05) is 30.4 Å². The molecule has 8 heteroatoms. The Kier molecular flexibility index (Phi) is 4.60. The fraction of sp³-hybridized carbons (Fsp3) is 0.0588. The maximum atomic E-state index is 14.3. The van der Waals surface area contributed by atoms with E-state index < -0.39 is 23.6 Å². The minimum atomic E-state index is -0.951. The molecule has 126 valence electrons. The highest BCUT2D eigenvalue weighted by Gasteiger charge is 2.23. The molecular formula is C17H13F2N5O. The first-order chi connectivity index (χ1) is 12.1. The number of hydrogen-bond acceptors (Lipinski definition) is 5. The monoisotopic (exact) mass is 341 g/mol. The Morgan fingerprint density at radius 3 is 2.48 bits per heavy atom. The smallest absolute Gasteiger partial charge is 0.274 e. The van der Waals surface area contributed by atoms with E-state index in [2.05, 4.69) is 20.3 Å². The maximum Gasteiger partial charge on any atom is 0.274 e. The van der Waals surface area contributed by atoms with Gasteiger partial charge in [0.15, 0.2) is 11.5 Å². The predicted molar refractivity (Wildman–Crippen MR) is 86.3 cm³/mol. The highest BCUT2D eigenvalue weighted by atomic mass is 19.1. The highest BCUT2D eigenvalue weighted by molar-refractivity contribution is 5.96. The number of halogens is 2. The summed E-state index contributed by atoms with van der Waals surface area (Å²) in [5, 5.41) is 2.62. The lowest BCUT2D eigenvalue weighted by Gasteiger charge is -2.20. The van der Waals surface area contributed by atoms with E-state index in [1.165, 1.54) is 24.8 Å². The summed E-state index contributed by atoms with van der Waals surface area (Å²) in [5.41, 5.74) is 6.05. The minimum Gasteiger partial charge on any atom is -0.382 e. The first-order valence-corrected chi connectivity index (χ1v) is 7.28. The van der Waals surface area contributed by atoms with Crippen LogP contribution in [0.3, 0.4) is 0 Å². The molecule has 2 heterocycles. The van der Waals surface area contributed by atoms with E-state index in [1.54, 1.807) is 12.1 Å². The van der Waals surface area contributed by atoms with Crippen LogP contribution in [-0.2, 0) is 0 Å². The molecule has 0 aliphatic heterocycles. The summed E-state index contributed by atoms with van der Waals surface area (Å²) in [6, 6.07) is 5.27. The summed E-state index contributed by atoms with van der Waals surface area (Å²) >= 11 is 0. The second kappa shape index (κ2) is 7.00. The third kappa shape index (κ3) is 3.57. The van der Waals surface area contributed by atoms with Crippen molar-refractivity contribution in [3.05, 3.63) is 83.6 Å². The van der Waals surface area contributed by atoms with E-state index in [0.29, 0.717) is 5.56 Å². The molecule has 0 aliphatic rings. The van der Waals surface area contributed by atoms with Gasteiger partial charge in [-0.3, -0.25) is 9.78 Å². The van der Waals surface area contributed by atoms with Crippen LogP contribution >= 0.6 is 0 Å². The van der Waals surface area contributed by atoms with Crippen LogP contribution in [0.2, 0.25) is 0 Å². The zero-order valence-corrected chi connectivity index (χ0v) is 12.9. The van der Waals surface area contributed by atoms with E-state index in [1.807, 2.05) is 0 Å². The molecule has 2 aromatic heterocycles. The summed E-state index contributed by atoms with van der Waals surface area (Å²) < 4.78 is 27.9. The van der Waals surface area contributed by atoms with Crippen molar-refractivity contribution in [3.63, 3.8) is 0 Å². The fourth-order valence-electron chi connectivity index (χ4n) is 2.36. The number of carbonyl (C=O) groups is 1. The van der Waals surface area contributed by atoms with Crippen LogP contribution in [0.1, 0.15) is 27.7 Å². The zero-order valence-electron chi connectivity index (χ0n) is 12.9. The third-order valence-corrected chi connectivity index (χ3v) is 3.53. The van der Waals surface area contributed by atoms with E-state index in [0.717, 1.165) is 18.2 Å². The molecular weight excluding hydrogens is 328 g/mol. The molecule has 3 rings (SSSR count). The van der Waals surface area contributed by atoms with E-state index in [-0.39, 0.29) is 17.1 Å². The number of benzene rings is 1. The van der Waals surface area contributed by atoms with Gasteiger partial charge in [0.25, 0.3) is 5.91 Å². The van der Waals surface area contributed by atoms with Gasteiger partial charge in [-0.1, -0.05) is 0 Å². The van der Waals surface area contributed by atoms with Gasteiger partial charge in [0.1, 0.15) is 11.6 Å². The molecule has 3 N–H and O–H groups in total. The Bertz CT molecular complexity index is 905. The second-order valence-electron chi connectivity index (χ2n) is 5.14. The van der Waals surface area contributed by atoms with Gasteiger partial charge in [0.2, 0.25) is 0 Å². The van der Waals surface area contributed by atoms with Crippen LogP contribution in [0.15, 0.2) is 55.1 Å². The number of pyridine rings is 1. The van der Waals surface area contributed by atoms with Gasteiger partial charge in [-0.2, -0.15) is 0 Å². The van der Waals surface area contributed by atoms with E-state index in [9.17, 15) is 13.6 Å². The van der Waals surface area contributed by atoms with Crippen LogP contribution in [0.25, 0.3) is 0 Å². The fourth-order valence-corrected chi connectivity index (χ4v) is 2.36. The number of nitrogens with zero attached hydrogens (tertiary/aromatic N) is 3. The van der Waals surface area contributed by atoms with Crippen molar-refractivity contribution in [2.24, 2.45) is 0 Å². The van der Waals surface area contributed by atoms with Crippen molar-refractivity contribution in [1.82, 2.24) is 20.3 Å². The lowest BCUT2D eigenvalue weighted by molar-refractivity contribution is 0.0938. The quantitative estimate of drug-likeness (QED) is 0.759. The first-order valence-electron chi connectivity index (χ1n) is 7.28. The molecule has 0 aliphatic carbocycles. The third-order valence-electron chi connectivity index (χ3n) is 3.53. The van der Waals surface area contributed by atoms with Gasteiger partial charge in [-0.25, -0.2) is 18.7 Å². The highest BCUT2D eigenvalue weighted by Crippen LogP contribution is 2.25. The molecule has 1 amide bonds. The lowest BCUT2D eigenvalue weighted by atomic mass is 9.98.